The lowest BCUT2D eigenvalue weighted by molar-refractivity contribution is -0.121. The van der Waals surface area contributed by atoms with Crippen LogP contribution in [0.3, 0.4) is 0 Å². The highest BCUT2D eigenvalue weighted by Gasteiger charge is 2.20. The molecule has 1 amide bonds. The number of rotatable bonds is 10. The van der Waals surface area contributed by atoms with Gasteiger partial charge >= 0.3 is 0 Å². The Morgan fingerprint density at radius 1 is 1.29 bits per heavy atom. The van der Waals surface area contributed by atoms with Gasteiger partial charge in [0.1, 0.15) is 0 Å². The number of likely N-dealkylation sites (tertiary alicyclic amines) is 1. The fraction of sp³-hybridized carbons (Fsp3) is 0.933. The Balaban J connectivity index is 2.05. The van der Waals surface area contributed by atoms with Gasteiger partial charge in [0, 0.05) is 39.3 Å². The van der Waals surface area contributed by atoms with E-state index in [9.17, 15) is 4.79 Å². The van der Waals surface area contributed by atoms with E-state index in [2.05, 4.69) is 29.4 Å². The molecule has 0 radical (unpaired) electrons. The maximum atomic E-state index is 11.8. The van der Waals surface area contributed by atoms with Crippen LogP contribution in [0.2, 0.25) is 0 Å². The second-order valence-corrected chi connectivity index (χ2v) is 5.77. The molecule has 21 heavy (non-hydrogen) atoms. The molecular formula is C15H31N3O3. The molecule has 0 unspecified atom stereocenters. The summed E-state index contributed by atoms with van der Waals surface area (Å²) in [5, 5.41) is 6.15. The van der Waals surface area contributed by atoms with Gasteiger partial charge in [-0.2, -0.15) is 0 Å². The van der Waals surface area contributed by atoms with E-state index in [-0.39, 0.29) is 5.91 Å². The Hall–Kier alpha value is -0.690. The zero-order valence-electron chi connectivity index (χ0n) is 13.7. The summed E-state index contributed by atoms with van der Waals surface area (Å²) in [6.45, 7) is 9.65. The average Bonchev–Trinajstić information content (AvgIpc) is 2.45. The first-order chi connectivity index (χ1) is 10.1. The summed E-state index contributed by atoms with van der Waals surface area (Å²) in [7, 11) is 1.65. The second-order valence-electron chi connectivity index (χ2n) is 5.77. The molecule has 0 atom stereocenters. The van der Waals surface area contributed by atoms with E-state index in [0.717, 1.165) is 39.1 Å². The van der Waals surface area contributed by atoms with Crippen molar-refractivity contribution in [2.75, 3.05) is 53.0 Å². The van der Waals surface area contributed by atoms with Crippen molar-refractivity contribution in [2.24, 2.45) is 0 Å². The minimum Gasteiger partial charge on any atom is -0.383 e. The third kappa shape index (κ3) is 9.03. The van der Waals surface area contributed by atoms with Crippen molar-refractivity contribution in [3.05, 3.63) is 0 Å². The first-order valence-corrected chi connectivity index (χ1v) is 7.94. The number of nitrogens with one attached hydrogen (secondary N) is 2. The number of nitrogens with zero attached hydrogens (tertiary/aromatic N) is 1. The van der Waals surface area contributed by atoms with Crippen LogP contribution in [-0.4, -0.2) is 76.0 Å². The molecule has 0 spiro atoms. The van der Waals surface area contributed by atoms with E-state index in [4.69, 9.17) is 9.47 Å². The van der Waals surface area contributed by atoms with Crippen molar-refractivity contribution in [1.82, 2.24) is 15.5 Å². The Morgan fingerprint density at radius 2 is 2.00 bits per heavy atom. The number of piperidine rings is 1. The summed E-state index contributed by atoms with van der Waals surface area (Å²) in [5.41, 5.74) is 0. The van der Waals surface area contributed by atoms with Crippen LogP contribution in [0, 0.1) is 0 Å². The summed E-state index contributed by atoms with van der Waals surface area (Å²) in [4.78, 5) is 14.2. The molecule has 0 bridgehead atoms. The summed E-state index contributed by atoms with van der Waals surface area (Å²) >= 11 is 0. The Bertz CT molecular complexity index is 279. The highest BCUT2D eigenvalue weighted by molar-refractivity contribution is 5.78. The van der Waals surface area contributed by atoms with Gasteiger partial charge in [-0.1, -0.05) is 0 Å². The SMILES string of the molecule is COCCNCC(=O)NC1CCN(CCOC(C)C)CC1. The molecule has 0 aliphatic carbocycles. The van der Waals surface area contributed by atoms with Crippen LogP contribution in [0.5, 0.6) is 0 Å². The van der Waals surface area contributed by atoms with Crippen molar-refractivity contribution in [1.29, 1.82) is 0 Å². The molecule has 1 aliphatic rings. The Labute approximate surface area is 128 Å². The summed E-state index contributed by atoms with van der Waals surface area (Å²) in [5.74, 6) is 0.0766. The molecule has 0 aromatic rings. The molecule has 1 rings (SSSR count). The smallest absolute Gasteiger partial charge is 0.234 e. The highest BCUT2D eigenvalue weighted by Crippen LogP contribution is 2.09. The van der Waals surface area contributed by atoms with Gasteiger partial charge in [0.25, 0.3) is 0 Å². The monoisotopic (exact) mass is 301 g/mol. The van der Waals surface area contributed by atoms with Gasteiger partial charge < -0.3 is 25.0 Å². The fourth-order valence-corrected chi connectivity index (χ4v) is 2.37. The molecule has 0 aromatic heterocycles. The normalized spacial score (nSPS) is 17.3. The predicted molar refractivity (Wildman–Crippen MR) is 83.4 cm³/mol. The predicted octanol–water partition coefficient (Wildman–Crippen LogP) is 0.228. The van der Waals surface area contributed by atoms with Crippen LogP contribution in [0.1, 0.15) is 26.7 Å². The lowest BCUT2D eigenvalue weighted by Crippen LogP contribution is -2.47. The zero-order valence-corrected chi connectivity index (χ0v) is 13.7. The highest BCUT2D eigenvalue weighted by atomic mass is 16.5. The fourth-order valence-electron chi connectivity index (χ4n) is 2.37. The number of carbonyl (C=O) groups is 1. The number of hydrogen-bond acceptors (Lipinski definition) is 5. The minimum atomic E-state index is 0.0766. The summed E-state index contributed by atoms with van der Waals surface area (Å²) < 4.78 is 10.5. The summed E-state index contributed by atoms with van der Waals surface area (Å²) in [6, 6.07) is 0.309. The topological polar surface area (TPSA) is 62.8 Å². The van der Waals surface area contributed by atoms with Crippen LogP contribution in [0.15, 0.2) is 0 Å². The van der Waals surface area contributed by atoms with Crippen molar-refractivity contribution < 1.29 is 14.3 Å². The molecule has 1 aliphatic heterocycles. The third-order valence-corrected chi connectivity index (χ3v) is 3.58. The van der Waals surface area contributed by atoms with Gasteiger partial charge in [-0.3, -0.25) is 4.79 Å². The molecule has 124 valence electrons. The molecule has 1 heterocycles. The maximum absolute atomic E-state index is 11.8. The Kier molecular flexibility index (Phi) is 9.58. The molecule has 6 nitrogen and oxygen atoms in total. The molecule has 0 saturated carbocycles. The van der Waals surface area contributed by atoms with Crippen LogP contribution < -0.4 is 10.6 Å². The maximum Gasteiger partial charge on any atom is 0.234 e. The van der Waals surface area contributed by atoms with Crippen LogP contribution in [0.4, 0.5) is 0 Å². The van der Waals surface area contributed by atoms with E-state index >= 15 is 0 Å². The van der Waals surface area contributed by atoms with E-state index in [0.29, 0.717) is 31.8 Å². The standard InChI is InChI=1S/C15H31N3O3/c1-13(2)21-11-9-18-7-4-14(5-8-18)17-15(19)12-16-6-10-20-3/h13-14,16H,4-12H2,1-3H3,(H,17,19). The van der Waals surface area contributed by atoms with Gasteiger partial charge in [-0.15, -0.1) is 0 Å². The van der Waals surface area contributed by atoms with E-state index < -0.39 is 0 Å². The number of amides is 1. The van der Waals surface area contributed by atoms with Gasteiger partial charge in [0.05, 0.1) is 25.9 Å². The second kappa shape index (κ2) is 11.0. The quantitative estimate of drug-likeness (QED) is 0.566. The van der Waals surface area contributed by atoms with Crippen molar-refractivity contribution in [3.8, 4) is 0 Å². The van der Waals surface area contributed by atoms with Gasteiger partial charge in [-0.05, 0) is 26.7 Å². The van der Waals surface area contributed by atoms with Crippen molar-refractivity contribution in [3.63, 3.8) is 0 Å². The molecule has 6 heteroatoms. The molecule has 2 N–H and O–H groups in total. The van der Waals surface area contributed by atoms with Gasteiger partial charge in [0.15, 0.2) is 0 Å². The van der Waals surface area contributed by atoms with Gasteiger partial charge in [0.2, 0.25) is 5.91 Å². The molecule has 1 saturated heterocycles. The number of methoxy groups -OCH3 is 1. The number of ether oxygens (including phenoxy) is 2. The average molecular weight is 301 g/mol. The molecule has 1 fully saturated rings. The molecular weight excluding hydrogens is 270 g/mol. The number of hydrogen-bond donors (Lipinski definition) is 2. The van der Waals surface area contributed by atoms with Gasteiger partial charge in [-0.25, -0.2) is 0 Å². The zero-order chi connectivity index (χ0) is 15.5. The largest absolute Gasteiger partial charge is 0.383 e. The lowest BCUT2D eigenvalue weighted by Gasteiger charge is -2.32. The van der Waals surface area contributed by atoms with Crippen LogP contribution in [0.25, 0.3) is 0 Å². The van der Waals surface area contributed by atoms with Crippen molar-refractivity contribution >= 4 is 5.91 Å². The van der Waals surface area contributed by atoms with E-state index in [1.54, 1.807) is 7.11 Å². The first kappa shape index (κ1) is 18.4. The first-order valence-electron chi connectivity index (χ1n) is 7.94. The van der Waals surface area contributed by atoms with E-state index in [1.165, 1.54) is 0 Å². The van der Waals surface area contributed by atoms with E-state index in [1.807, 2.05) is 0 Å². The Morgan fingerprint density at radius 3 is 2.62 bits per heavy atom. The lowest BCUT2D eigenvalue weighted by atomic mass is 10.1. The molecule has 0 aromatic carbocycles. The minimum absolute atomic E-state index is 0.0766. The number of carbonyl (C=O) groups excluding carboxylic acids is 1. The summed E-state index contributed by atoms with van der Waals surface area (Å²) in [6.07, 6.45) is 2.34. The van der Waals surface area contributed by atoms with Crippen molar-refractivity contribution in [2.45, 2.75) is 38.8 Å². The van der Waals surface area contributed by atoms with Crippen LogP contribution >= 0.6 is 0 Å². The van der Waals surface area contributed by atoms with Crippen LogP contribution in [-0.2, 0) is 14.3 Å². The third-order valence-electron chi connectivity index (χ3n) is 3.58.